The first-order valence-corrected chi connectivity index (χ1v) is 15.9. The minimum atomic E-state index is -0.863. The second-order valence-corrected chi connectivity index (χ2v) is 11.4. The number of aliphatic hydroxyl groups excluding tert-OH is 2. The number of piperidine rings is 1. The van der Waals surface area contributed by atoms with Crippen LogP contribution in [0.1, 0.15) is 35.4 Å². The second-order valence-electron chi connectivity index (χ2n) is 11.4. The molecule has 240 valence electrons. The van der Waals surface area contributed by atoms with Gasteiger partial charge in [-0.1, -0.05) is 60.7 Å². The SMILES string of the molecule is OC[C@@H](O)COCCOc1ccc2ccc(CO[C@H]3CNCC[C@H]3c3ccc(OCCCOCc4ccccc4)cc3)cc2c1. The van der Waals surface area contributed by atoms with Crippen molar-refractivity contribution >= 4 is 10.8 Å². The van der Waals surface area contributed by atoms with E-state index in [9.17, 15) is 5.11 Å². The molecule has 0 aliphatic carbocycles. The Labute approximate surface area is 265 Å². The minimum Gasteiger partial charge on any atom is -0.494 e. The van der Waals surface area contributed by atoms with E-state index in [1.807, 2.05) is 36.4 Å². The van der Waals surface area contributed by atoms with E-state index in [-0.39, 0.29) is 19.3 Å². The maximum absolute atomic E-state index is 9.36. The van der Waals surface area contributed by atoms with Crippen molar-refractivity contribution in [3.63, 3.8) is 0 Å². The molecule has 3 atom stereocenters. The molecule has 45 heavy (non-hydrogen) atoms. The van der Waals surface area contributed by atoms with Gasteiger partial charge in [-0.3, -0.25) is 0 Å². The van der Waals surface area contributed by atoms with E-state index in [0.717, 1.165) is 53.8 Å². The summed E-state index contributed by atoms with van der Waals surface area (Å²) in [5, 5.41) is 23.9. The standard InChI is InChI=1S/C37H45NO7/c39-24-33(40)27-42-19-20-44-35-14-9-30-8-7-29(21-32(30)22-35)26-45-37-23-38-16-15-36(37)31-10-12-34(13-11-31)43-18-4-17-41-25-28-5-2-1-3-6-28/h1-3,5-14,21-22,33,36-40H,4,15-20,23-27H2/t33-,36+,37+/m1/s1. The summed E-state index contributed by atoms with van der Waals surface area (Å²) < 4.78 is 29.4. The maximum Gasteiger partial charge on any atom is 0.120 e. The van der Waals surface area contributed by atoms with E-state index >= 15 is 0 Å². The number of ether oxygens (including phenoxy) is 5. The third kappa shape index (κ3) is 10.5. The minimum absolute atomic E-state index is 0.0713. The monoisotopic (exact) mass is 615 g/mol. The summed E-state index contributed by atoms with van der Waals surface area (Å²) in [4.78, 5) is 0. The van der Waals surface area contributed by atoms with Gasteiger partial charge in [0.25, 0.3) is 0 Å². The first-order chi connectivity index (χ1) is 22.2. The van der Waals surface area contributed by atoms with E-state index in [1.165, 1.54) is 11.1 Å². The van der Waals surface area contributed by atoms with Crippen molar-refractivity contribution in [3.05, 3.63) is 108 Å². The number of benzene rings is 4. The summed E-state index contributed by atoms with van der Waals surface area (Å²) in [6.45, 7) is 4.70. The van der Waals surface area contributed by atoms with Crippen LogP contribution in [0.15, 0.2) is 91.0 Å². The lowest BCUT2D eigenvalue weighted by Gasteiger charge is -2.32. The van der Waals surface area contributed by atoms with Crippen LogP contribution in [0.2, 0.25) is 0 Å². The molecule has 1 aliphatic heterocycles. The average Bonchev–Trinajstić information content (AvgIpc) is 3.09. The molecule has 0 saturated carbocycles. The first-order valence-electron chi connectivity index (χ1n) is 15.9. The molecule has 3 N–H and O–H groups in total. The van der Waals surface area contributed by atoms with Gasteiger partial charge >= 0.3 is 0 Å². The van der Waals surface area contributed by atoms with Crippen molar-refractivity contribution < 1.29 is 33.9 Å². The second kappa shape index (κ2) is 17.8. The Balaban J connectivity index is 1.07. The van der Waals surface area contributed by atoms with Crippen LogP contribution in [0, 0.1) is 0 Å². The van der Waals surface area contributed by atoms with E-state index in [4.69, 9.17) is 28.8 Å². The summed E-state index contributed by atoms with van der Waals surface area (Å²) in [7, 11) is 0. The number of hydrogen-bond acceptors (Lipinski definition) is 8. The Bertz CT molecular complexity index is 1420. The summed E-state index contributed by atoms with van der Waals surface area (Å²) in [5.41, 5.74) is 3.57. The molecular weight excluding hydrogens is 570 g/mol. The maximum atomic E-state index is 9.36. The van der Waals surface area contributed by atoms with Crippen LogP contribution in [0.4, 0.5) is 0 Å². The molecule has 0 spiro atoms. The molecule has 5 rings (SSSR count). The lowest BCUT2D eigenvalue weighted by Crippen LogP contribution is -2.40. The molecule has 1 heterocycles. The molecule has 0 bridgehead atoms. The third-order valence-electron chi connectivity index (χ3n) is 7.91. The summed E-state index contributed by atoms with van der Waals surface area (Å²) in [5.74, 6) is 1.95. The predicted molar refractivity (Wildman–Crippen MR) is 175 cm³/mol. The fourth-order valence-electron chi connectivity index (χ4n) is 5.46. The Morgan fingerprint density at radius 2 is 1.53 bits per heavy atom. The van der Waals surface area contributed by atoms with Crippen molar-refractivity contribution in [3.8, 4) is 11.5 Å². The molecule has 1 saturated heterocycles. The number of rotatable bonds is 18. The van der Waals surface area contributed by atoms with Crippen LogP contribution in [-0.2, 0) is 27.4 Å². The Hall–Kier alpha value is -3.50. The predicted octanol–water partition coefficient (Wildman–Crippen LogP) is 5.24. The lowest BCUT2D eigenvalue weighted by atomic mass is 9.87. The molecule has 8 nitrogen and oxygen atoms in total. The largest absolute Gasteiger partial charge is 0.494 e. The van der Waals surface area contributed by atoms with Crippen LogP contribution < -0.4 is 14.8 Å². The van der Waals surface area contributed by atoms with Gasteiger partial charge in [0.05, 0.1) is 52.4 Å². The van der Waals surface area contributed by atoms with Crippen molar-refractivity contribution in [1.29, 1.82) is 0 Å². The molecular formula is C37H45NO7. The van der Waals surface area contributed by atoms with E-state index in [0.29, 0.717) is 45.6 Å². The van der Waals surface area contributed by atoms with Crippen LogP contribution in [0.3, 0.4) is 0 Å². The zero-order valence-electron chi connectivity index (χ0n) is 25.8. The number of fused-ring (bicyclic) bond motifs is 1. The molecule has 4 aromatic rings. The van der Waals surface area contributed by atoms with Crippen molar-refractivity contribution in [2.24, 2.45) is 0 Å². The topological polar surface area (TPSA) is 98.6 Å². The smallest absolute Gasteiger partial charge is 0.120 e. The van der Waals surface area contributed by atoms with E-state index in [2.05, 4.69) is 59.9 Å². The van der Waals surface area contributed by atoms with Crippen molar-refractivity contribution in [2.75, 3.05) is 52.7 Å². The zero-order chi connectivity index (χ0) is 31.1. The van der Waals surface area contributed by atoms with Crippen LogP contribution in [-0.4, -0.2) is 75.2 Å². The molecule has 0 aromatic heterocycles. The number of hydrogen-bond donors (Lipinski definition) is 3. The Kier molecular flexibility index (Phi) is 13.0. The molecule has 0 amide bonds. The first kappa shape index (κ1) is 32.9. The van der Waals surface area contributed by atoms with E-state index in [1.54, 1.807) is 0 Å². The van der Waals surface area contributed by atoms with Crippen LogP contribution in [0.25, 0.3) is 10.8 Å². The lowest BCUT2D eigenvalue weighted by molar-refractivity contribution is -0.00137. The molecule has 8 heteroatoms. The van der Waals surface area contributed by atoms with Gasteiger partial charge in [0.15, 0.2) is 0 Å². The molecule has 1 fully saturated rings. The van der Waals surface area contributed by atoms with Crippen molar-refractivity contribution in [2.45, 2.75) is 44.2 Å². The van der Waals surface area contributed by atoms with E-state index < -0.39 is 6.10 Å². The van der Waals surface area contributed by atoms with Gasteiger partial charge in [0.1, 0.15) is 24.2 Å². The Morgan fingerprint density at radius 1 is 0.733 bits per heavy atom. The van der Waals surface area contributed by atoms with Gasteiger partial charge in [-0.15, -0.1) is 0 Å². The number of nitrogens with one attached hydrogen (secondary N) is 1. The normalized spacial score (nSPS) is 17.3. The van der Waals surface area contributed by atoms with Crippen LogP contribution in [0.5, 0.6) is 11.5 Å². The highest BCUT2D eigenvalue weighted by Gasteiger charge is 2.27. The highest BCUT2D eigenvalue weighted by Crippen LogP contribution is 2.30. The zero-order valence-corrected chi connectivity index (χ0v) is 25.8. The molecule has 4 aromatic carbocycles. The summed E-state index contributed by atoms with van der Waals surface area (Å²) in [6.07, 6.45) is 1.07. The van der Waals surface area contributed by atoms with Gasteiger partial charge in [0, 0.05) is 18.9 Å². The molecule has 0 unspecified atom stereocenters. The molecule has 1 aliphatic rings. The fourth-order valence-corrected chi connectivity index (χ4v) is 5.46. The van der Waals surface area contributed by atoms with Gasteiger partial charge in [-0.05, 0) is 70.8 Å². The van der Waals surface area contributed by atoms with Crippen LogP contribution >= 0.6 is 0 Å². The van der Waals surface area contributed by atoms with Gasteiger partial charge < -0.3 is 39.2 Å². The highest BCUT2D eigenvalue weighted by atomic mass is 16.5. The van der Waals surface area contributed by atoms with Gasteiger partial charge in [-0.25, -0.2) is 0 Å². The summed E-state index contributed by atoms with van der Waals surface area (Å²) >= 11 is 0. The van der Waals surface area contributed by atoms with Gasteiger partial charge in [-0.2, -0.15) is 0 Å². The number of aliphatic hydroxyl groups is 2. The third-order valence-corrected chi connectivity index (χ3v) is 7.91. The van der Waals surface area contributed by atoms with Crippen molar-refractivity contribution in [1.82, 2.24) is 5.32 Å². The average molecular weight is 616 g/mol. The fraction of sp³-hybridized carbons (Fsp3) is 0.405. The highest BCUT2D eigenvalue weighted by molar-refractivity contribution is 5.84. The summed E-state index contributed by atoms with van der Waals surface area (Å²) in [6, 6.07) is 31.1. The quantitative estimate of drug-likeness (QED) is 0.131. The Morgan fingerprint density at radius 3 is 2.38 bits per heavy atom. The molecule has 0 radical (unpaired) electrons. The van der Waals surface area contributed by atoms with Gasteiger partial charge in [0.2, 0.25) is 0 Å².